The molecule has 0 saturated heterocycles. The second kappa shape index (κ2) is 9.60. The minimum atomic E-state index is -0.316. The average Bonchev–Trinajstić information content (AvgIpc) is 3.71. The number of hydrogen-bond donors (Lipinski definition) is 4. The molecule has 45 heavy (non-hydrogen) atoms. The summed E-state index contributed by atoms with van der Waals surface area (Å²) in [5.74, 6) is 1.98. The van der Waals surface area contributed by atoms with Crippen molar-refractivity contribution in [2.75, 3.05) is 11.5 Å². The average molecular weight is 634 g/mol. The molecule has 0 saturated carbocycles. The summed E-state index contributed by atoms with van der Waals surface area (Å²) in [6, 6.07) is 11.1. The van der Waals surface area contributed by atoms with Crippen LogP contribution in [0.3, 0.4) is 0 Å². The van der Waals surface area contributed by atoms with Gasteiger partial charge in [0.2, 0.25) is 0 Å². The monoisotopic (exact) mass is 633 g/mol. The summed E-state index contributed by atoms with van der Waals surface area (Å²) in [7, 11) is 0. The molecule has 8 bridgehead atoms. The Hall–Kier alpha value is -5.79. The van der Waals surface area contributed by atoms with Gasteiger partial charge < -0.3 is 63.2 Å². The minimum absolute atomic E-state index is 0. The molecule has 5 aromatic rings. The van der Waals surface area contributed by atoms with Crippen molar-refractivity contribution in [2.45, 2.75) is 6.42 Å². The standard InChI is InChI=1S/C32H22N12.Co/c33-13-1-5-17-21(9-13)29-37-25(17)41-30-22-10-14(34)2-6-18(22)27(38-30)43-32-24-12-16(36)4-8-20(24)28(40-32)44-31-23-11-15(35)3-7-19(23)26(39-31)42-29;/h1-3,5-12,21H,4,33-36H2;/q-4;. The number of anilines is 2. The smallest absolute Gasteiger partial charge is 0.0352 e. The first kappa shape index (κ1) is 26.8. The number of hydrogen-bond acceptors (Lipinski definition) is 8. The summed E-state index contributed by atoms with van der Waals surface area (Å²) in [4.78, 5) is 34.3. The number of fused-ring (bicyclic) bond motifs is 19. The maximum atomic E-state index is 6.25. The predicted octanol–water partition coefficient (Wildman–Crippen LogP) is 1.70. The molecule has 4 aliphatic rings. The molecule has 0 spiro atoms. The van der Waals surface area contributed by atoms with Crippen molar-refractivity contribution in [3.05, 3.63) is 110 Å². The number of allylic oxidation sites excluding steroid dienone is 3. The first-order valence-corrected chi connectivity index (χ1v) is 13.9. The third-order valence-electron chi connectivity index (χ3n) is 8.09. The zero-order chi connectivity index (χ0) is 29.7. The van der Waals surface area contributed by atoms with Gasteiger partial charge in [0, 0.05) is 91.6 Å². The van der Waals surface area contributed by atoms with E-state index in [1.807, 2.05) is 66.8 Å². The fraction of sp³-hybridized carbons (Fsp3) is 0.0625. The molecule has 1 atom stereocenters. The summed E-state index contributed by atoms with van der Waals surface area (Å²) >= 11 is 0. The van der Waals surface area contributed by atoms with Crippen LogP contribution in [0.1, 0.15) is 12.0 Å². The molecule has 9 rings (SSSR count). The van der Waals surface area contributed by atoms with Gasteiger partial charge in [0.25, 0.3) is 0 Å². The van der Waals surface area contributed by atoms with E-state index in [1.54, 1.807) is 0 Å². The van der Waals surface area contributed by atoms with Crippen molar-refractivity contribution in [2.24, 2.45) is 37.4 Å². The Labute approximate surface area is 264 Å². The van der Waals surface area contributed by atoms with Crippen molar-refractivity contribution in [1.82, 2.24) is 15.0 Å². The summed E-state index contributed by atoms with van der Waals surface area (Å²) in [5.41, 5.74) is 30.3. The quantitative estimate of drug-likeness (QED) is 0.185. The van der Waals surface area contributed by atoms with Crippen molar-refractivity contribution in [3.63, 3.8) is 0 Å². The molecule has 5 heterocycles. The van der Waals surface area contributed by atoms with Gasteiger partial charge in [-0.2, -0.15) is 0 Å². The van der Waals surface area contributed by atoms with E-state index in [0.717, 1.165) is 37.9 Å². The van der Waals surface area contributed by atoms with E-state index >= 15 is 0 Å². The number of benzene rings is 2. The SMILES string of the molecule is NC1=CC2C3=Nc4[n-]c(c5cc(N)ccc45)N=c4[n-]c(c5c4=CCC(N)=C5)N=c4[n-]c(c5cc(N)ccc45)=NC(=C2C=C1)[N-]3.[Co]. The summed E-state index contributed by atoms with van der Waals surface area (Å²) in [6.07, 6.45) is 10.1. The van der Waals surface area contributed by atoms with E-state index in [-0.39, 0.29) is 22.7 Å². The van der Waals surface area contributed by atoms with Crippen molar-refractivity contribution >= 4 is 68.4 Å². The molecule has 1 unspecified atom stereocenters. The Morgan fingerprint density at radius 3 is 2.27 bits per heavy atom. The van der Waals surface area contributed by atoms with Crippen molar-refractivity contribution in [3.8, 4) is 0 Å². The van der Waals surface area contributed by atoms with Crippen LogP contribution in [0.4, 0.5) is 28.8 Å². The van der Waals surface area contributed by atoms with Crippen LogP contribution in [0.15, 0.2) is 97.4 Å². The number of nitrogens with two attached hydrogens (primary N) is 4. The molecular weight excluding hydrogens is 611 g/mol. The molecule has 13 heteroatoms. The van der Waals surface area contributed by atoms with Gasteiger partial charge in [-0.15, -0.1) is 0 Å². The Morgan fingerprint density at radius 1 is 0.689 bits per heavy atom. The molecule has 0 fully saturated rings. The van der Waals surface area contributed by atoms with Crippen LogP contribution in [0.2, 0.25) is 0 Å². The van der Waals surface area contributed by atoms with Crippen LogP contribution in [-0.4, -0.2) is 5.84 Å². The summed E-state index contributed by atoms with van der Waals surface area (Å²) in [5, 5.41) is 8.73. The molecule has 12 nitrogen and oxygen atoms in total. The Kier molecular flexibility index (Phi) is 5.72. The summed E-state index contributed by atoms with van der Waals surface area (Å²) < 4.78 is 0. The molecule has 3 aromatic heterocycles. The van der Waals surface area contributed by atoms with E-state index in [2.05, 4.69) is 0 Å². The molecule has 223 valence electrons. The number of nitrogens with zero attached hydrogens (tertiary/aromatic N) is 8. The third kappa shape index (κ3) is 4.12. The van der Waals surface area contributed by atoms with E-state index in [9.17, 15) is 0 Å². The molecule has 2 aliphatic heterocycles. The fourth-order valence-corrected chi connectivity index (χ4v) is 6.00. The zero-order valence-corrected chi connectivity index (χ0v) is 24.4. The minimum Gasteiger partial charge on any atom is -0.402 e. The number of aliphatic imine (C=N–C) groups is 1. The van der Waals surface area contributed by atoms with Gasteiger partial charge in [-0.1, -0.05) is 24.3 Å². The second-order valence-electron chi connectivity index (χ2n) is 11.0. The van der Waals surface area contributed by atoms with E-state index in [1.165, 1.54) is 0 Å². The number of aromatic nitrogens is 3. The van der Waals surface area contributed by atoms with Crippen LogP contribution in [-0.2, 0) is 16.8 Å². The van der Waals surface area contributed by atoms with Gasteiger partial charge in [0.05, 0.1) is 0 Å². The first-order valence-electron chi connectivity index (χ1n) is 13.9. The maximum Gasteiger partial charge on any atom is 0.0352 e. The van der Waals surface area contributed by atoms with Gasteiger partial charge in [-0.05, 0) is 86.2 Å². The molecular formula is C32H22CoN12-4. The molecule has 0 amide bonds. The molecule has 1 radical (unpaired) electrons. The Morgan fingerprint density at radius 2 is 1.42 bits per heavy atom. The second-order valence-corrected chi connectivity index (χ2v) is 11.0. The van der Waals surface area contributed by atoms with Crippen molar-refractivity contribution in [1.29, 1.82) is 0 Å². The van der Waals surface area contributed by atoms with Crippen LogP contribution in [0, 0.1) is 5.92 Å². The van der Waals surface area contributed by atoms with E-state index in [0.29, 0.717) is 74.8 Å². The summed E-state index contributed by atoms with van der Waals surface area (Å²) in [6.45, 7) is 0. The van der Waals surface area contributed by atoms with Gasteiger partial charge >= 0.3 is 0 Å². The van der Waals surface area contributed by atoms with Crippen molar-refractivity contribution < 1.29 is 16.8 Å². The zero-order valence-electron chi connectivity index (χ0n) is 23.4. The number of nitrogen functional groups attached to an aromatic ring is 2. The first-order chi connectivity index (χ1) is 21.4. The van der Waals surface area contributed by atoms with Gasteiger partial charge in [-0.25, -0.2) is 0 Å². The van der Waals surface area contributed by atoms with Gasteiger partial charge in [-0.3, -0.25) is 0 Å². The normalized spacial score (nSPS) is 17.9. The topological polar surface area (TPSA) is 210 Å². The van der Waals surface area contributed by atoms with Crippen LogP contribution in [0.5, 0.6) is 0 Å². The Bertz CT molecular complexity index is 2550. The largest absolute Gasteiger partial charge is 0.402 e. The van der Waals surface area contributed by atoms with E-state index in [4.69, 9.17) is 63.2 Å². The van der Waals surface area contributed by atoms with Gasteiger partial charge in [0.15, 0.2) is 0 Å². The third-order valence-corrected chi connectivity index (χ3v) is 8.09. The predicted molar refractivity (Wildman–Crippen MR) is 169 cm³/mol. The molecule has 2 aliphatic carbocycles. The van der Waals surface area contributed by atoms with Crippen LogP contribution < -0.4 is 59.6 Å². The van der Waals surface area contributed by atoms with Gasteiger partial charge in [0.1, 0.15) is 0 Å². The fourth-order valence-electron chi connectivity index (χ4n) is 6.00. The number of rotatable bonds is 0. The molecule has 8 N–H and O–H groups in total. The van der Waals surface area contributed by atoms with E-state index < -0.39 is 0 Å². The molecule has 2 aromatic carbocycles. The Balaban J connectivity index is 0.00000300. The number of amidine groups is 1. The van der Waals surface area contributed by atoms with Crippen LogP contribution >= 0.6 is 0 Å². The van der Waals surface area contributed by atoms with Crippen LogP contribution in [0.25, 0.3) is 39.0 Å². The maximum absolute atomic E-state index is 6.25.